The second kappa shape index (κ2) is 7.33. The Morgan fingerprint density at radius 2 is 2.19 bits per heavy atom. The van der Waals surface area contributed by atoms with E-state index in [2.05, 4.69) is 10.0 Å². The Labute approximate surface area is 161 Å². The summed E-state index contributed by atoms with van der Waals surface area (Å²) in [6.45, 7) is 4.17. The van der Waals surface area contributed by atoms with E-state index < -0.39 is 28.2 Å². The number of β-lactam (4-membered cyclic amide) rings is 1. The first-order valence-electron chi connectivity index (χ1n) is 8.67. The van der Waals surface area contributed by atoms with E-state index in [-0.39, 0.29) is 41.4 Å². The number of hydrogen-bond acceptors (Lipinski definition) is 7. The highest BCUT2D eigenvalue weighted by Crippen LogP contribution is 2.51. The molecule has 3 aliphatic heterocycles. The fourth-order valence-corrected chi connectivity index (χ4v) is 6.05. The van der Waals surface area contributed by atoms with Gasteiger partial charge in [0, 0.05) is 35.2 Å². The van der Waals surface area contributed by atoms with Crippen LogP contribution in [0.3, 0.4) is 0 Å². The van der Waals surface area contributed by atoms with Gasteiger partial charge in [-0.3, -0.25) is 4.79 Å². The highest BCUT2D eigenvalue weighted by atomic mass is 32.2. The molecule has 1 unspecified atom stereocenters. The Bertz CT molecular complexity index is 783. The molecule has 3 aliphatic rings. The molecule has 0 aromatic rings. The smallest absolute Gasteiger partial charge is 0.353 e. The summed E-state index contributed by atoms with van der Waals surface area (Å²) in [5, 5.41) is 27.7. The summed E-state index contributed by atoms with van der Waals surface area (Å²) in [6, 6.07) is -0.435. The van der Waals surface area contributed by atoms with Crippen LogP contribution in [0.1, 0.15) is 20.3 Å². The minimum absolute atomic E-state index is 0.00510. The Hall–Kier alpha value is -1.18. The Morgan fingerprint density at radius 1 is 1.52 bits per heavy atom. The van der Waals surface area contributed by atoms with Gasteiger partial charge in [0.1, 0.15) is 5.70 Å². The third-order valence-corrected chi connectivity index (χ3v) is 7.40. The molecule has 1 amide bonds. The van der Waals surface area contributed by atoms with Crippen molar-refractivity contribution in [2.24, 2.45) is 17.0 Å². The maximum atomic E-state index is 12.3. The number of nitrogens with one attached hydrogen (secondary N) is 2. The normalized spacial score (nSPS) is 34.6. The average molecular weight is 421 g/mol. The molecule has 152 valence electrons. The first kappa shape index (κ1) is 20.6. The van der Waals surface area contributed by atoms with E-state index in [1.54, 1.807) is 6.92 Å². The second-order valence-electron chi connectivity index (χ2n) is 7.25. The number of rotatable bonds is 7. The van der Waals surface area contributed by atoms with E-state index in [1.165, 1.54) is 16.7 Å². The Morgan fingerprint density at radius 3 is 2.74 bits per heavy atom. The molecule has 12 heteroatoms. The second-order valence-corrected chi connectivity index (χ2v) is 9.97. The van der Waals surface area contributed by atoms with Crippen LogP contribution in [0.5, 0.6) is 0 Å². The first-order chi connectivity index (χ1) is 12.5. The number of nitrogens with zero attached hydrogens (tertiary/aromatic N) is 1. The summed E-state index contributed by atoms with van der Waals surface area (Å²) in [5.74, 6) is -2.27. The molecule has 0 radical (unpaired) electrons. The molecule has 0 spiro atoms. The zero-order valence-corrected chi connectivity index (χ0v) is 16.6. The van der Waals surface area contributed by atoms with Crippen LogP contribution in [0.15, 0.2) is 10.6 Å². The highest BCUT2D eigenvalue weighted by Gasteiger charge is 2.60. The van der Waals surface area contributed by atoms with Gasteiger partial charge in [0.25, 0.3) is 10.2 Å². The van der Waals surface area contributed by atoms with E-state index in [1.807, 2.05) is 6.92 Å². The van der Waals surface area contributed by atoms with Crippen LogP contribution >= 0.6 is 11.8 Å². The van der Waals surface area contributed by atoms with Crippen LogP contribution < -0.4 is 15.2 Å². The summed E-state index contributed by atoms with van der Waals surface area (Å²) in [4.78, 5) is 26.1. The van der Waals surface area contributed by atoms with Gasteiger partial charge in [-0.1, -0.05) is 6.92 Å². The molecule has 0 aromatic heterocycles. The molecular formula is C15H24N4O6S2. The molecule has 27 heavy (non-hydrogen) atoms. The van der Waals surface area contributed by atoms with Gasteiger partial charge in [0.2, 0.25) is 5.91 Å². The van der Waals surface area contributed by atoms with Gasteiger partial charge in [-0.05, 0) is 13.3 Å². The van der Waals surface area contributed by atoms with Gasteiger partial charge in [-0.2, -0.15) is 8.42 Å². The number of carboxylic acid groups (broad SMARTS) is 1. The molecule has 0 bridgehead atoms. The zero-order valence-electron chi connectivity index (χ0n) is 15.0. The third-order valence-electron chi connectivity index (χ3n) is 5.32. The van der Waals surface area contributed by atoms with Gasteiger partial charge in [-0.25, -0.2) is 14.7 Å². The molecule has 6 N–H and O–H groups in total. The maximum Gasteiger partial charge on any atom is 0.353 e. The quantitative estimate of drug-likeness (QED) is 0.308. The predicted molar refractivity (Wildman–Crippen MR) is 98.5 cm³/mol. The van der Waals surface area contributed by atoms with Crippen molar-refractivity contribution in [3.63, 3.8) is 0 Å². The minimum atomic E-state index is -3.76. The van der Waals surface area contributed by atoms with E-state index in [9.17, 15) is 28.2 Å². The minimum Gasteiger partial charge on any atom is -0.477 e. The molecule has 2 fully saturated rings. The van der Waals surface area contributed by atoms with Crippen molar-refractivity contribution in [3.05, 3.63) is 10.6 Å². The summed E-state index contributed by atoms with van der Waals surface area (Å²) < 4.78 is 24.3. The van der Waals surface area contributed by atoms with Crippen LogP contribution in [0.25, 0.3) is 0 Å². The van der Waals surface area contributed by atoms with Crippen LogP contribution in [0.4, 0.5) is 0 Å². The molecule has 3 heterocycles. The number of carbonyl (C=O) groups excluding carboxylic acids is 1. The first-order valence-corrected chi connectivity index (χ1v) is 11.1. The van der Waals surface area contributed by atoms with Crippen LogP contribution in [0.2, 0.25) is 0 Å². The Balaban J connectivity index is 1.71. The number of aliphatic carboxylic acids is 1. The van der Waals surface area contributed by atoms with Crippen molar-refractivity contribution in [2.75, 3.05) is 13.1 Å². The summed E-state index contributed by atoms with van der Waals surface area (Å²) in [7, 11) is -3.76. The molecule has 6 atom stereocenters. The number of nitrogens with two attached hydrogens (primary N) is 1. The van der Waals surface area contributed by atoms with Crippen LogP contribution in [0, 0.1) is 11.8 Å². The molecule has 0 aromatic carbocycles. The lowest BCUT2D eigenvalue weighted by atomic mass is 9.79. The van der Waals surface area contributed by atoms with Gasteiger partial charge in [0.05, 0.1) is 18.1 Å². The number of fused-ring (bicyclic) bond motifs is 1. The van der Waals surface area contributed by atoms with Crippen molar-refractivity contribution < 1.29 is 28.2 Å². The average Bonchev–Trinajstić information content (AvgIpc) is 3.07. The van der Waals surface area contributed by atoms with Crippen molar-refractivity contribution in [1.82, 2.24) is 14.9 Å². The lowest BCUT2D eigenvalue weighted by Crippen LogP contribution is -2.63. The molecule has 0 aliphatic carbocycles. The largest absolute Gasteiger partial charge is 0.477 e. The van der Waals surface area contributed by atoms with Crippen LogP contribution in [-0.2, 0) is 19.8 Å². The highest BCUT2D eigenvalue weighted by molar-refractivity contribution is 8.03. The predicted octanol–water partition coefficient (Wildman–Crippen LogP) is -1.60. The lowest BCUT2D eigenvalue weighted by molar-refractivity contribution is -0.163. The van der Waals surface area contributed by atoms with E-state index in [0.29, 0.717) is 17.9 Å². The summed E-state index contributed by atoms with van der Waals surface area (Å²) in [5.41, 5.74) is 0.00510. The number of amides is 1. The van der Waals surface area contributed by atoms with Gasteiger partial charge >= 0.3 is 5.97 Å². The van der Waals surface area contributed by atoms with Crippen molar-refractivity contribution in [2.45, 2.75) is 43.7 Å². The standard InChI is InChI=1S/C15H24N4O6S2/c1-6-11-10(7(2)20)14(21)19(11)12(15(22)23)13(6)26-9-3-8(17-5-9)4-18-27(16,24)25/h6-11,17-18,20H,3-5H2,1-2H3,(H,22,23)(H2,16,24,25)/t6-,7-,8+,9+,10-,11?/m1/s1. The number of aliphatic hydroxyl groups is 1. The lowest BCUT2D eigenvalue weighted by Gasteiger charge is -2.46. The fourth-order valence-electron chi connectivity index (χ4n) is 4.10. The summed E-state index contributed by atoms with van der Waals surface area (Å²) in [6.07, 6.45) is -0.197. The fraction of sp³-hybridized carbons (Fsp3) is 0.733. The summed E-state index contributed by atoms with van der Waals surface area (Å²) >= 11 is 1.41. The van der Waals surface area contributed by atoms with Crippen molar-refractivity contribution in [1.29, 1.82) is 0 Å². The van der Waals surface area contributed by atoms with E-state index in [0.717, 1.165) is 0 Å². The number of carboxylic acids is 1. The van der Waals surface area contributed by atoms with E-state index in [4.69, 9.17) is 5.14 Å². The molecule has 0 saturated carbocycles. The topological polar surface area (TPSA) is 162 Å². The van der Waals surface area contributed by atoms with Gasteiger partial charge in [-0.15, -0.1) is 11.8 Å². The SMILES string of the molecule is C[C@H]1C(S[C@@H]2CN[C@H](CNS(N)(=O)=O)C2)=C(C(=O)O)N2C(=O)[C@H]([C@@H](C)O)C12. The number of aliphatic hydroxyl groups excluding tert-OH is 1. The molecule has 2 saturated heterocycles. The van der Waals surface area contributed by atoms with E-state index >= 15 is 0 Å². The van der Waals surface area contributed by atoms with Crippen molar-refractivity contribution in [3.8, 4) is 0 Å². The maximum absolute atomic E-state index is 12.3. The van der Waals surface area contributed by atoms with Crippen molar-refractivity contribution >= 4 is 33.8 Å². The number of hydrogen-bond donors (Lipinski definition) is 5. The Kier molecular flexibility index (Phi) is 5.58. The molecule has 3 rings (SSSR count). The van der Waals surface area contributed by atoms with Gasteiger partial charge in [0.15, 0.2) is 0 Å². The third kappa shape index (κ3) is 3.87. The molecule has 10 nitrogen and oxygen atoms in total. The zero-order chi connectivity index (χ0) is 20.1. The number of carbonyl (C=O) groups is 2. The monoisotopic (exact) mass is 420 g/mol. The number of thioether (sulfide) groups is 1. The van der Waals surface area contributed by atoms with Gasteiger partial charge < -0.3 is 20.4 Å². The van der Waals surface area contributed by atoms with Crippen LogP contribution in [-0.4, -0.2) is 71.9 Å². The molecular weight excluding hydrogens is 396 g/mol.